The lowest BCUT2D eigenvalue weighted by Gasteiger charge is -2.35. The Morgan fingerprint density at radius 1 is 0.762 bits per heavy atom. The number of aromatic nitrogens is 4. The Morgan fingerprint density at radius 3 is 1.95 bits per heavy atom. The molecule has 21 heavy (non-hydrogen) atoms. The molecule has 1 saturated heterocycles. The van der Waals surface area contributed by atoms with Gasteiger partial charge in [-0.1, -0.05) is 0 Å². The smallest absolute Gasteiger partial charge is 0.225 e. The number of rotatable bonds is 2. The van der Waals surface area contributed by atoms with E-state index in [1.54, 1.807) is 0 Å². The minimum Gasteiger partial charge on any atom is -0.352 e. The number of nitrogens with zero attached hydrogens (tertiary/aromatic N) is 6. The summed E-state index contributed by atoms with van der Waals surface area (Å²) in [5.74, 6) is 1.78. The van der Waals surface area contributed by atoms with Crippen LogP contribution in [-0.4, -0.2) is 46.3 Å². The van der Waals surface area contributed by atoms with Crippen LogP contribution in [0.25, 0.3) is 0 Å². The predicted molar refractivity (Wildman–Crippen MR) is 82.7 cm³/mol. The molecule has 1 aliphatic heterocycles. The van der Waals surface area contributed by atoms with Gasteiger partial charge in [0.2, 0.25) is 5.95 Å². The number of hydrogen-bond acceptors (Lipinski definition) is 6. The van der Waals surface area contributed by atoms with Crippen LogP contribution in [0.1, 0.15) is 17.1 Å². The van der Waals surface area contributed by atoms with Gasteiger partial charge in [-0.2, -0.15) is 5.10 Å². The molecule has 110 valence electrons. The molecule has 2 aromatic heterocycles. The molecule has 0 spiro atoms. The lowest BCUT2D eigenvalue weighted by Crippen LogP contribution is -2.47. The minimum atomic E-state index is 0.835. The highest BCUT2D eigenvalue weighted by Crippen LogP contribution is 2.16. The average molecular weight is 284 g/mol. The van der Waals surface area contributed by atoms with Crippen LogP contribution in [0.5, 0.6) is 0 Å². The number of piperazine rings is 1. The molecule has 0 N–H and O–H groups in total. The van der Waals surface area contributed by atoms with Gasteiger partial charge in [0, 0.05) is 37.6 Å². The molecule has 1 aliphatic rings. The second-order valence-corrected chi connectivity index (χ2v) is 5.46. The topological polar surface area (TPSA) is 58.0 Å². The lowest BCUT2D eigenvalue weighted by atomic mass is 10.3. The van der Waals surface area contributed by atoms with Crippen molar-refractivity contribution in [2.24, 2.45) is 0 Å². The van der Waals surface area contributed by atoms with Gasteiger partial charge in [0.25, 0.3) is 0 Å². The Hall–Kier alpha value is -2.24. The highest BCUT2D eigenvalue weighted by atomic mass is 15.3. The van der Waals surface area contributed by atoms with Crippen molar-refractivity contribution < 1.29 is 0 Å². The fourth-order valence-corrected chi connectivity index (χ4v) is 2.54. The summed E-state index contributed by atoms with van der Waals surface area (Å²) in [6, 6.07) is 6.04. The van der Waals surface area contributed by atoms with Gasteiger partial charge in [-0.15, -0.1) is 5.10 Å². The number of anilines is 2. The van der Waals surface area contributed by atoms with Crippen LogP contribution < -0.4 is 9.80 Å². The largest absolute Gasteiger partial charge is 0.352 e. The summed E-state index contributed by atoms with van der Waals surface area (Å²) < 4.78 is 0. The standard InChI is InChI=1S/C15H20N6/c1-11-4-5-14(19-18-11)20-6-8-21(9-7-20)15-16-12(2)10-13(3)17-15/h4-5,10H,6-9H2,1-3H3. The first-order valence-corrected chi connectivity index (χ1v) is 7.24. The van der Waals surface area contributed by atoms with Crippen molar-refractivity contribution in [1.82, 2.24) is 20.2 Å². The van der Waals surface area contributed by atoms with Gasteiger partial charge in [0.1, 0.15) is 0 Å². The third-order valence-corrected chi connectivity index (χ3v) is 3.64. The van der Waals surface area contributed by atoms with Gasteiger partial charge in [0.05, 0.1) is 5.69 Å². The van der Waals surface area contributed by atoms with Crippen molar-refractivity contribution in [2.45, 2.75) is 20.8 Å². The number of aryl methyl sites for hydroxylation is 3. The fourth-order valence-electron chi connectivity index (χ4n) is 2.54. The van der Waals surface area contributed by atoms with Crippen molar-refractivity contribution in [2.75, 3.05) is 36.0 Å². The van der Waals surface area contributed by atoms with E-state index in [0.717, 1.165) is 55.0 Å². The summed E-state index contributed by atoms with van der Waals surface area (Å²) in [5, 5.41) is 8.38. The predicted octanol–water partition coefficient (Wildman–Crippen LogP) is 1.52. The van der Waals surface area contributed by atoms with Crippen LogP contribution >= 0.6 is 0 Å². The molecule has 0 radical (unpaired) electrons. The zero-order chi connectivity index (χ0) is 14.8. The van der Waals surface area contributed by atoms with E-state index in [1.165, 1.54) is 0 Å². The van der Waals surface area contributed by atoms with E-state index in [-0.39, 0.29) is 0 Å². The molecule has 0 amide bonds. The highest BCUT2D eigenvalue weighted by Gasteiger charge is 2.20. The Morgan fingerprint density at radius 2 is 1.38 bits per heavy atom. The molecule has 6 nitrogen and oxygen atoms in total. The third kappa shape index (κ3) is 3.09. The zero-order valence-corrected chi connectivity index (χ0v) is 12.7. The molecule has 0 aliphatic carbocycles. The molecular weight excluding hydrogens is 264 g/mol. The molecule has 3 heterocycles. The van der Waals surface area contributed by atoms with Gasteiger partial charge in [0.15, 0.2) is 5.82 Å². The molecule has 0 aromatic carbocycles. The first-order chi connectivity index (χ1) is 10.1. The molecule has 0 atom stereocenters. The van der Waals surface area contributed by atoms with Crippen LogP contribution in [0, 0.1) is 20.8 Å². The molecule has 2 aromatic rings. The van der Waals surface area contributed by atoms with Crippen molar-refractivity contribution >= 4 is 11.8 Å². The maximum atomic E-state index is 4.54. The summed E-state index contributed by atoms with van der Waals surface area (Å²) in [7, 11) is 0. The lowest BCUT2D eigenvalue weighted by molar-refractivity contribution is 0.629. The summed E-state index contributed by atoms with van der Waals surface area (Å²) in [6.07, 6.45) is 0. The first kappa shape index (κ1) is 13.7. The molecular formula is C15H20N6. The van der Waals surface area contributed by atoms with Gasteiger partial charge < -0.3 is 9.80 Å². The van der Waals surface area contributed by atoms with Crippen LogP contribution in [0.4, 0.5) is 11.8 Å². The van der Waals surface area contributed by atoms with E-state index in [1.807, 2.05) is 39.0 Å². The summed E-state index contributed by atoms with van der Waals surface area (Å²) in [5.41, 5.74) is 2.98. The van der Waals surface area contributed by atoms with E-state index in [9.17, 15) is 0 Å². The van der Waals surface area contributed by atoms with Gasteiger partial charge in [-0.25, -0.2) is 9.97 Å². The maximum absolute atomic E-state index is 4.54. The molecule has 0 unspecified atom stereocenters. The normalized spacial score (nSPS) is 15.4. The molecule has 0 saturated carbocycles. The molecule has 3 rings (SSSR count). The van der Waals surface area contributed by atoms with Crippen molar-refractivity contribution in [1.29, 1.82) is 0 Å². The number of hydrogen-bond donors (Lipinski definition) is 0. The Balaban J connectivity index is 1.68. The van der Waals surface area contributed by atoms with Gasteiger partial charge >= 0.3 is 0 Å². The minimum absolute atomic E-state index is 0.835. The monoisotopic (exact) mass is 284 g/mol. The molecule has 6 heteroatoms. The van der Waals surface area contributed by atoms with E-state index in [0.29, 0.717) is 0 Å². The summed E-state index contributed by atoms with van der Waals surface area (Å²) >= 11 is 0. The van der Waals surface area contributed by atoms with Gasteiger partial charge in [-0.3, -0.25) is 0 Å². The van der Waals surface area contributed by atoms with Crippen LogP contribution in [-0.2, 0) is 0 Å². The fraction of sp³-hybridized carbons (Fsp3) is 0.467. The maximum Gasteiger partial charge on any atom is 0.225 e. The third-order valence-electron chi connectivity index (χ3n) is 3.64. The van der Waals surface area contributed by atoms with Crippen LogP contribution in [0.15, 0.2) is 18.2 Å². The van der Waals surface area contributed by atoms with Crippen molar-refractivity contribution in [3.05, 3.63) is 35.3 Å². The second-order valence-electron chi connectivity index (χ2n) is 5.46. The van der Waals surface area contributed by atoms with E-state index in [4.69, 9.17) is 0 Å². The van der Waals surface area contributed by atoms with Crippen LogP contribution in [0.3, 0.4) is 0 Å². The quantitative estimate of drug-likeness (QED) is 0.833. The second kappa shape index (κ2) is 5.63. The molecule has 0 bridgehead atoms. The van der Waals surface area contributed by atoms with Crippen LogP contribution in [0.2, 0.25) is 0 Å². The SMILES string of the molecule is Cc1ccc(N2CCN(c3nc(C)cc(C)n3)CC2)nn1. The zero-order valence-electron chi connectivity index (χ0n) is 12.7. The van der Waals surface area contributed by atoms with E-state index < -0.39 is 0 Å². The van der Waals surface area contributed by atoms with Crippen molar-refractivity contribution in [3.8, 4) is 0 Å². The highest BCUT2D eigenvalue weighted by molar-refractivity contribution is 5.42. The van der Waals surface area contributed by atoms with Crippen molar-refractivity contribution in [3.63, 3.8) is 0 Å². The Labute approximate surface area is 124 Å². The van der Waals surface area contributed by atoms with Gasteiger partial charge in [-0.05, 0) is 39.0 Å². The van der Waals surface area contributed by atoms with E-state index in [2.05, 4.69) is 30.0 Å². The summed E-state index contributed by atoms with van der Waals surface area (Å²) in [4.78, 5) is 13.6. The first-order valence-electron chi connectivity index (χ1n) is 7.24. The Bertz CT molecular complexity index is 596. The summed E-state index contributed by atoms with van der Waals surface area (Å²) in [6.45, 7) is 9.60. The molecule has 1 fully saturated rings. The van der Waals surface area contributed by atoms with E-state index >= 15 is 0 Å². The Kier molecular flexibility index (Phi) is 3.68. The average Bonchev–Trinajstić information content (AvgIpc) is 2.47.